The molecule has 0 saturated heterocycles. The van der Waals surface area contributed by atoms with Gasteiger partial charge in [0.15, 0.2) is 0 Å². The van der Waals surface area contributed by atoms with Crippen LogP contribution in [0.5, 0.6) is 0 Å². The summed E-state index contributed by atoms with van der Waals surface area (Å²) in [5.41, 5.74) is 4.31. The molecule has 0 bridgehead atoms. The first-order valence-electron chi connectivity index (χ1n) is 10.5. The van der Waals surface area contributed by atoms with Gasteiger partial charge in [0.1, 0.15) is 0 Å². The molecule has 0 heterocycles. The third-order valence-corrected chi connectivity index (χ3v) is 5.57. The lowest BCUT2D eigenvalue weighted by Gasteiger charge is -2.29. The van der Waals surface area contributed by atoms with E-state index in [4.69, 9.17) is 0 Å². The number of hydrogen-bond donors (Lipinski definition) is 0. The second-order valence-electron chi connectivity index (χ2n) is 7.52. The van der Waals surface area contributed by atoms with Gasteiger partial charge in [-0.15, -0.1) is 0 Å². The lowest BCUT2D eigenvalue weighted by Crippen LogP contribution is -2.13. The quantitative estimate of drug-likeness (QED) is 0.323. The highest BCUT2D eigenvalue weighted by Crippen LogP contribution is 2.41. The molecule has 1 unspecified atom stereocenters. The van der Waals surface area contributed by atoms with Gasteiger partial charge in [-0.1, -0.05) is 130 Å². The second-order valence-corrected chi connectivity index (χ2v) is 7.52. The van der Waals surface area contributed by atoms with Crippen molar-refractivity contribution in [1.82, 2.24) is 0 Å². The fourth-order valence-electron chi connectivity index (χ4n) is 4.17. The first-order valence-corrected chi connectivity index (χ1v) is 10.5. The van der Waals surface area contributed by atoms with Crippen molar-refractivity contribution in [3.05, 3.63) is 108 Å². The van der Waals surface area contributed by atoms with E-state index in [1.54, 1.807) is 0 Å². The van der Waals surface area contributed by atoms with Crippen LogP contribution in [0.15, 0.2) is 91.0 Å². The van der Waals surface area contributed by atoms with Crippen molar-refractivity contribution in [2.24, 2.45) is 0 Å². The molecule has 1 atom stereocenters. The van der Waals surface area contributed by atoms with E-state index in [1.807, 2.05) is 0 Å². The Morgan fingerprint density at radius 3 is 1.44 bits per heavy atom. The molecule has 0 aliphatic rings. The maximum Gasteiger partial charge on any atom is 0.0158 e. The molecule has 0 aliphatic heterocycles. The summed E-state index contributed by atoms with van der Waals surface area (Å²) in [5, 5.41) is 0. The summed E-state index contributed by atoms with van der Waals surface area (Å²) in [6, 6.07) is 33.3. The van der Waals surface area contributed by atoms with E-state index >= 15 is 0 Å². The summed E-state index contributed by atoms with van der Waals surface area (Å²) in [6.45, 7) is 2.29. The van der Waals surface area contributed by atoms with Crippen molar-refractivity contribution in [3.63, 3.8) is 0 Å². The van der Waals surface area contributed by atoms with E-state index in [0.29, 0.717) is 11.8 Å². The lowest BCUT2D eigenvalue weighted by atomic mass is 9.75. The average molecular weight is 357 g/mol. The van der Waals surface area contributed by atoms with Crippen LogP contribution in [0.4, 0.5) is 0 Å². The molecular weight excluding hydrogens is 324 g/mol. The van der Waals surface area contributed by atoms with Crippen LogP contribution in [0, 0.1) is 0 Å². The molecule has 0 heteroatoms. The molecule has 140 valence electrons. The summed E-state index contributed by atoms with van der Waals surface area (Å²) in [4.78, 5) is 0. The standard InChI is InChI=1S/C27H32/c1-2-3-4-5-15-22-26(23-16-9-6-10-17-23)27(24-18-11-7-12-19-24)25-20-13-8-14-21-25/h6-14,16-21,26-27H,2-5,15,22H2,1H3. The molecule has 0 spiro atoms. The van der Waals surface area contributed by atoms with Gasteiger partial charge in [-0.05, 0) is 29.0 Å². The SMILES string of the molecule is CCCCCCCC(c1ccccc1)C(c1ccccc1)c1ccccc1. The summed E-state index contributed by atoms with van der Waals surface area (Å²) < 4.78 is 0. The number of rotatable bonds is 10. The molecule has 0 aromatic heterocycles. The van der Waals surface area contributed by atoms with Gasteiger partial charge in [-0.2, -0.15) is 0 Å². The van der Waals surface area contributed by atoms with Crippen molar-refractivity contribution in [1.29, 1.82) is 0 Å². The maximum atomic E-state index is 2.32. The Hall–Kier alpha value is -2.34. The highest BCUT2D eigenvalue weighted by molar-refractivity contribution is 5.38. The minimum atomic E-state index is 0.404. The van der Waals surface area contributed by atoms with Gasteiger partial charge in [0, 0.05) is 5.92 Å². The Balaban J connectivity index is 1.92. The van der Waals surface area contributed by atoms with Crippen LogP contribution in [0.1, 0.15) is 74.0 Å². The second kappa shape index (κ2) is 10.7. The predicted octanol–water partition coefficient (Wildman–Crippen LogP) is 7.96. The Bertz CT molecular complexity index is 706. The summed E-state index contributed by atoms with van der Waals surface area (Å²) >= 11 is 0. The molecule has 0 nitrogen and oxygen atoms in total. The first kappa shape index (κ1) is 19.4. The lowest BCUT2D eigenvalue weighted by molar-refractivity contribution is 0.508. The number of hydrogen-bond acceptors (Lipinski definition) is 0. The molecule has 0 N–H and O–H groups in total. The number of unbranched alkanes of at least 4 members (excludes halogenated alkanes) is 4. The van der Waals surface area contributed by atoms with Crippen molar-refractivity contribution in [2.75, 3.05) is 0 Å². The fourth-order valence-corrected chi connectivity index (χ4v) is 4.17. The van der Waals surface area contributed by atoms with E-state index in [2.05, 4.69) is 97.9 Å². The van der Waals surface area contributed by atoms with Gasteiger partial charge in [-0.25, -0.2) is 0 Å². The van der Waals surface area contributed by atoms with Gasteiger partial charge >= 0.3 is 0 Å². The Morgan fingerprint density at radius 2 is 0.963 bits per heavy atom. The predicted molar refractivity (Wildman–Crippen MR) is 117 cm³/mol. The van der Waals surface area contributed by atoms with Gasteiger partial charge < -0.3 is 0 Å². The fraction of sp³-hybridized carbons (Fsp3) is 0.333. The minimum absolute atomic E-state index is 0.404. The molecule has 0 aliphatic carbocycles. The zero-order valence-corrected chi connectivity index (χ0v) is 16.6. The molecule has 3 aromatic rings. The monoisotopic (exact) mass is 356 g/mol. The van der Waals surface area contributed by atoms with Crippen molar-refractivity contribution in [3.8, 4) is 0 Å². The molecule has 3 rings (SSSR count). The third kappa shape index (κ3) is 5.57. The first-order chi connectivity index (χ1) is 13.4. The van der Waals surface area contributed by atoms with Crippen LogP contribution < -0.4 is 0 Å². The summed E-state index contributed by atoms with van der Waals surface area (Å²) in [6.07, 6.45) is 7.90. The Morgan fingerprint density at radius 1 is 0.519 bits per heavy atom. The van der Waals surface area contributed by atoms with Crippen LogP contribution in [-0.2, 0) is 0 Å². The Kier molecular flexibility index (Phi) is 7.71. The highest BCUT2D eigenvalue weighted by Gasteiger charge is 2.25. The van der Waals surface area contributed by atoms with Gasteiger partial charge in [0.25, 0.3) is 0 Å². The molecular formula is C27H32. The largest absolute Gasteiger partial charge is 0.0654 e. The van der Waals surface area contributed by atoms with E-state index in [-0.39, 0.29) is 0 Å². The zero-order chi connectivity index (χ0) is 18.7. The van der Waals surface area contributed by atoms with E-state index in [0.717, 1.165) is 0 Å². The summed E-state index contributed by atoms with van der Waals surface area (Å²) in [5.74, 6) is 0.915. The Labute approximate surface area is 165 Å². The molecule has 0 saturated carbocycles. The maximum absolute atomic E-state index is 2.32. The van der Waals surface area contributed by atoms with E-state index in [9.17, 15) is 0 Å². The molecule has 0 amide bonds. The van der Waals surface area contributed by atoms with Gasteiger partial charge in [0.05, 0.1) is 0 Å². The normalized spacial score (nSPS) is 12.2. The number of benzene rings is 3. The van der Waals surface area contributed by atoms with Crippen molar-refractivity contribution >= 4 is 0 Å². The zero-order valence-electron chi connectivity index (χ0n) is 16.6. The molecule has 3 aromatic carbocycles. The van der Waals surface area contributed by atoms with Crippen LogP contribution in [0.3, 0.4) is 0 Å². The topological polar surface area (TPSA) is 0 Å². The van der Waals surface area contributed by atoms with Crippen molar-refractivity contribution < 1.29 is 0 Å². The van der Waals surface area contributed by atoms with E-state index < -0.39 is 0 Å². The van der Waals surface area contributed by atoms with Crippen LogP contribution in [0.2, 0.25) is 0 Å². The van der Waals surface area contributed by atoms with Crippen LogP contribution in [0.25, 0.3) is 0 Å². The third-order valence-electron chi connectivity index (χ3n) is 5.57. The summed E-state index contributed by atoms with van der Waals surface area (Å²) in [7, 11) is 0. The van der Waals surface area contributed by atoms with Crippen LogP contribution in [-0.4, -0.2) is 0 Å². The van der Waals surface area contributed by atoms with Crippen molar-refractivity contribution in [2.45, 2.75) is 57.3 Å². The van der Waals surface area contributed by atoms with Gasteiger partial charge in [-0.3, -0.25) is 0 Å². The average Bonchev–Trinajstić information content (AvgIpc) is 2.75. The molecule has 0 fully saturated rings. The van der Waals surface area contributed by atoms with Gasteiger partial charge in [0.2, 0.25) is 0 Å². The molecule has 0 radical (unpaired) electrons. The van der Waals surface area contributed by atoms with E-state index in [1.165, 1.54) is 55.2 Å². The van der Waals surface area contributed by atoms with Crippen LogP contribution >= 0.6 is 0 Å². The smallest absolute Gasteiger partial charge is 0.0158 e. The minimum Gasteiger partial charge on any atom is -0.0654 e. The highest BCUT2D eigenvalue weighted by atomic mass is 14.3. The molecule has 27 heavy (non-hydrogen) atoms.